The van der Waals surface area contributed by atoms with E-state index in [1.54, 1.807) is 7.05 Å². The zero-order valence-corrected chi connectivity index (χ0v) is 12.7. The van der Waals surface area contributed by atoms with Gasteiger partial charge in [-0.25, -0.2) is 0 Å². The molecule has 0 aliphatic heterocycles. The summed E-state index contributed by atoms with van der Waals surface area (Å²) in [5.41, 5.74) is 1.91. The standard InChI is InChI=1S/C15H24N4O/c1-5-11(2)14(20)19-13-8-6-7-12(9-13)10-18-15(16-3)17-4/h6-9,11H,5,10H2,1-4H3,(H,19,20)(H2,16,17,18). The van der Waals surface area contributed by atoms with Crippen LogP contribution in [0, 0.1) is 5.92 Å². The highest BCUT2D eigenvalue weighted by atomic mass is 16.1. The number of amides is 1. The van der Waals surface area contributed by atoms with Crippen LogP contribution in [0.3, 0.4) is 0 Å². The van der Waals surface area contributed by atoms with E-state index >= 15 is 0 Å². The van der Waals surface area contributed by atoms with Crippen LogP contribution in [0.2, 0.25) is 0 Å². The first-order chi connectivity index (χ1) is 9.60. The fourth-order valence-corrected chi connectivity index (χ4v) is 1.67. The number of guanidine groups is 1. The van der Waals surface area contributed by atoms with Crippen molar-refractivity contribution in [3.8, 4) is 0 Å². The van der Waals surface area contributed by atoms with Crippen LogP contribution >= 0.6 is 0 Å². The summed E-state index contributed by atoms with van der Waals surface area (Å²) in [6.45, 7) is 4.59. The van der Waals surface area contributed by atoms with Gasteiger partial charge in [0.15, 0.2) is 5.96 Å². The van der Waals surface area contributed by atoms with Crippen molar-refractivity contribution < 1.29 is 4.79 Å². The smallest absolute Gasteiger partial charge is 0.227 e. The van der Waals surface area contributed by atoms with Crippen LogP contribution in [0.4, 0.5) is 5.69 Å². The summed E-state index contributed by atoms with van der Waals surface area (Å²) in [5, 5.41) is 9.07. The van der Waals surface area contributed by atoms with Gasteiger partial charge in [-0.3, -0.25) is 9.79 Å². The van der Waals surface area contributed by atoms with Crippen LogP contribution in [0.5, 0.6) is 0 Å². The summed E-state index contributed by atoms with van der Waals surface area (Å²) in [5.74, 6) is 0.822. The lowest BCUT2D eigenvalue weighted by Crippen LogP contribution is -2.34. The Morgan fingerprint density at radius 2 is 2.15 bits per heavy atom. The molecule has 0 saturated carbocycles. The lowest BCUT2D eigenvalue weighted by atomic mass is 10.1. The normalized spacial score (nSPS) is 12.7. The molecule has 0 bridgehead atoms. The van der Waals surface area contributed by atoms with E-state index in [1.807, 2.05) is 45.2 Å². The largest absolute Gasteiger partial charge is 0.359 e. The molecule has 0 aromatic heterocycles. The zero-order valence-electron chi connectivity index (χ0n) is 12.7. The fourth-order valence-electron chi connectivity index (χ4n) is 1.67. The number of carbonyl (C=O) groups excluding carboxylic acids is 1. The second kappa shape index (κ2) is 8.19. The van der Waals surface area contributed by atoms with E-state index in [9.17, 15) is 4.79 Å². The molecule has 20 heavy (non-hydrogen) atoms. The number of carbonyl (C=O) groups is 1. The first-order valence-electron chi connectivity index (χ1n) is 6.88. The van der Waals surface area contributed by atoms with Gasteiger partial charge in [-0.05, 0) is 24.1 Å². The summed E-state index contributed by atoms with van der Waals surface area (Å²) in [6.07, 6.45) is 0.839. The summed E-state index contributed by atoms with van der Waals surface area (Å²) in [4.78, 5) is 15.9. The Morgan fingerprint density at radius 3 is 2.75 bits per heavy atom. The molecule has 5 nitrogen and oxygen atoms in total. The van der Waals surface area contributed by atoms with E-state index in [2.05, 4.69) is 20.9 Å². The summed E-state index contributed by atoms with van der Waals surface area (Å²) in [6, 6.07) is 7.81. The third-order valence-corrected chi connectivity index (χ3v) is 3.17. The SMILES string of the molecule is CCC(C)C(=O)Nc1cccc(CNC(=NC)NC)c1. The van der Waals surface area contributed by atoms with Crippen molar-refractivity contribution >= 4 is 17.6 Å². The lowest BCUT2D eigenvalue weighted by Gasteiger charge is -2.12. The van der Waals surface area contributed by atoms with Crippen LogP contribution in [-0.2, 0) is 11.3 Å². The number of rotatable bonds is 5. The van der Waals surface area contributed by atoms with Gasteiger partial charge >= 0.3 is 0 Å². The first kappa shape index (κ1) is 16.0. The molecule has 1 aromatic rings. The van der Waals surface area contributed by atoms with Gasteiger partial charge in [-0.15, -0.1) is 0 Å². The fraction of sp³-hybridized carbons (Fsp3) is 0.467. The van der Waals surface area contributed by atoms with Gasteiger partial charge in [0.1, 0.15) is 0 Å². The van der Waals surface area contributed by atoms with Crippen molar-refractivity contribution in [2.75, 3.05) is 19.4 Å². The number of anilines is 1. The molecule has 5 heteroatoms. The molecular formula is C15H24N4O. The molecule has 110 valence electrons. The van der Waals surface area contributed by atoms with Crippen LogP contribution in [0.15, 0.2) is 29.3 Å². The maximum atomic E-state index is 11.9. The van der Waals surface area contributed by atoms with Gasteiger partial charge in [0.2, 0.25) is 5.91 Å². The average Bonchev–Trinajstić information content (AvgIpc) is 2.47. The second-order valence-electron chi connectivity index (χ2n) is 4.67. The predicted molar refractivity (Wildman–Crippen MR) is 83.8 cm³/mol. The monoisotopic (exact) mass is 276 g/mol. The predicted octanol–water partition coefficient (Wildman–Crippen LogP) is 1.97. The highest BCUT2D eigenvalue weighted by Crippen LogP contribution is 2.13. The number of nitrogens with one attached hydrogen (secondary N) is 3. The summed E-state index contributed by atoms with van der Waals surface area (Å²) < 4.78 is 0. The maximum absolute atomic E-state index is 11.9. The number of nitrogens with zero attached hydrogens (tertiary/aromatic N) is 1. The number of hydrogen-bond acceptors (Lipinski definition) is 2. The molecule has 0 saturated heterocycles. The average molecular weight is 276 g/mol. The molecule has 0 spiro atoms. The summed E-state index contributed by atoms with van der Waals surface area (Å²) >= 11 is 0. The molecule has 1 atom stereocenters. The molecule has 0 radical (unpaired) electrons. The second-order valence-corrected chi connectivity index (χ2v) is 4.67. The maximum Gasteiger partial charge on any atom is 0.227 e. The van der Waals surface area contributed by atoms with E-state index < -0.39 is 0 Å². The molecular weight excluding hydrogens is 252 g/mol. The molecule has 1 unspecified atom stereocenters. The van der Waals surface area contributed by atoms with E-state index in [1.165, 1.54) is 0 Å². The minimum absolute atomic E-state index is 0.0277. The number of benzene rings is 1. The van der Waals surface area contributed by atoms with Gasteiger partial charge in [-0.2, -0.15) is 0 Å². The number of hydrogen-bond donors (Lipinski definition) is 3. The third kappa shape index (κ3) is 4.91. The van der Waals surface area contributed by atoms with Gasteiger partial charge in [0.25, 0.3) is 0 Å². The van der Waals surface area contributed by atoms with Crippen LogP contribution in [0.1, 0.15) is 25.8 Å². The van der Waals surface area contributed by atoms with E-state index in [0.717, 1.165) is 23.6 Å². The molecule has 0 aliphatic carbocycles. The lowest BCUT2D eigenvalue weighted by molar-refractivity contribution is -0.119. The van der Waals surface area contributed by atoms with Gasteiger partial charge in [0.05, 0.1) is 0 Å². The Hall–Kier alpha value is -2.04. The van der Waals surface area contributed by atoms with Crippen molar-refractivity contribution in [1.82, 2.24) is 10.6 Å². The summed E-state index contributed by atoms with van der Waals surface area (Å²) in [7, 11) is 3.54. The Kier molecular flexibility index (Phi) is 6.56. The van der Waals surface area contributed by atoms with Gasteiger partial charge in [-0.1, -0.05) is 26.0 Å². The van der Waals surface area contributed by atoms with Crippen molar-refractivity contribution in [2.45, 2.75) is 26.8 Å². The topological polar surface area (TPSA) is 65.5 Å². The van der Waals surface area contributed by atoms with Gasteiger partial charge < -0.3 is 16.0 Å². The molecule has 1 aromatic carbocycles. The Morgan fingerprint density at radius 1 is 1.40 bits per heavy atom. The van der Waals surface area contributed by atoms with Crippen LogP contribution < -0.4 is 16.0 Å². The van der Waals surface area contributed by atoms with Gasteiger partial charge in [0, 0.05) is 32.2 Å². The van der Waals surface area contributed by atoms with E-state index in [-0.39, 0.29) is 11.8 Å². The molecule has 1 amide bonds. The molecule has 1 rings (SSSR count). The Balaban J connectivity index is 2.64. The Bertz CT molecular complexity index is 471. The highest BCUT2D eigenvalue weighted by molar-refractivity contribution is 5.92. The van der Waals surface area contributed by atoms with E-state index in [4.69, 9.17) is 0 Å². The van der Waals surface area contributed by atoms with Crippen LogP contribution in [-0.4, -0.2) is 26.0 Å². The van der Waals surface area contributed by atoms with Crippen molar-refractivity contribution in [3.05, 3.63) is 29.8 Å². The highest BCUT2D eigenvalue weighted by Gasteiger charge is 2.10. The minimum Gasteiger partial charge on any atom is -0.359 e. The molecule has 3 N–H and O–H groups in total. The minimum atomic E-state index is 0.0277. The van der Waals surface area contributed by atoms with Crippen molar-refractivity contribution in [1.29, 1.82) is 0 Å². The molecule has 0 aliphatic rings. The molecule has 0 heterocycles. The molecule has 0 fully saturated rings. The number of aliphatic imine (C=N–C) groups is 1. The third-order valence-electron chi connectivity index (χ3n) is 3.17. The first-order valence-corrected chi connectivity index (χ1v) is 6.88. The quantitative estimate of drug-likeness (QED) is 0.569. The zero-order chi connectivity index (χ0) is 15.0. The Labute approximate surface area is 120 Å². The van der Waals surface area contributed by atoms with Crippen molar-refractivity contribution in [3.63, 3.8) is 0 Å². The van der Waals surface area contributed by atoms with Crippen molar-refractivity contribution in [2.24, 2.45) is 10.9 Å². The van der Waals surface area contributed by atoms with E-state index in [0.29, 0.717) is 6.54 Å². The van der Waals surface area contributed by atoms with Crippen LogP contribution in [0.25, 0.3) is 0 Å².